The summed E-state index contributed by atoms with van der Waals surface area (Å²) in [5.41, 5.74) is 3.08. The predicted molar refractivity (Wildman–Crippen MR) is 99.0 cm³/mol. The molecule has 1 aliphatic rings. The largest absolute Gasteiger partial charge is 0.497 e. The second-order valence-corrected chi connectivity index (χ2v) is 7.04. The fraction of sp³-hybridized carbons (Fsp3) is 0.200. The van der Waals surface area contributed by atoms with Crippen molar-refractivity contribution in [3.63, 3.8) is 0 Å². The Labute approximate surface area is 150 Å². The molecule has 25 heavy (non-hydrogen) atoms. The standard InChI is InChI=1S/C20H17NO3S/c1-23-14-7-8-15-16(13-5-3-2-4-6-13)12-19(21-17(15)11-14)25-18-9-10-24-20(18)22/h2-8,11-12,18H,9-10H2,1H3/t18-/m0/s1. The van der Waals surface area contributed by atoms with Crippen molar-refractivity contribution in [2.24, 2.45) is 0 Å². The number of carbonyl (C=O) groups is 1. The maximum Gasteiger partial charge on any atom is 0.319 e. The third-order valence-electron chi connectivity index (χ3n) is 4.23. The maximum atomic E-state index is 11.8. The highest BCUT2D eigenvalue weighted by atomic mass is 32.2. The molecule has 0 spiro atoms. The number of thioether (sulfide) groups is 1. The number of fused-ring (bicyclic) bond motifs is 1. The van der Waals surface area contributed by atoms with Gasteiger partial charge in [-0.3, -0.25) is 4.79 Å². The Hall–Kier alpha value is -2.53. The van der Waals surface area contributed by atoms with E-state index in [9.17, 15) is 4.79 Å². The van der Waals surface area contributed by atoms with Crippen molar-refractivity contribution in [3.8, 4) is 16.9 Å². The van der Waals surface area contributed by atoms with E-state index in [1.54, 1.807) is 7.11 Å². The van der Waals surface area contributed by atoms with Gasteiger partial charge in [-0.05, 0) is 29.3 Å². The molecule has 4 rings (SSSR count). The molecular formula is C20H17NO3S. The Morgan fingerprint density at radius 3 is 2.72 bits per heavy atom. The molecule has 0 radical (unpaired) electrons. The zero-order valence-electron chi connectivity index (χ0n) is 13.8. The minimum atomic E-state index is -0.181. The smallest absolute Gasteiger partial charge is 0.319 e. The molecule has 0 N–H and O–H groups in total. The molecule has 4 nitrogen and oxygen atoms in total. The van der Waals surface area contributed by atoms with Crippen LogP contribution in [0.3, 0.4) is 0 Å². The summed E-state index contributed by atoms with van der Waals surface area (Å²) in [4.78, 5) is 16.5. The van der Waals surface area contributed by atoms with Crippen LogP contribution < -0.4 is 4.74 Å². The number of rotatable bonds is 4. The van der Waals surface area contributed by atoms with E-state index in [-0.39, 0.29) is 11.2 Å². The van der Waals surface area contributed by atoms with Crippen LogP contribution in [0.4, 0.5) is 0 Å². The van der Waals surface area contributed by atoms with Gasteiger partial charge in [-0.2, -0.15) is 0 Å². The van der Waals surface area contributed by atoms with E-state index in [1.165, 1.54) is 11.8 Å². The number of benzene rings is 2. The first-order valence-corrected chi connectivity index (χ1v) is 9.00. The summed E-state index contributed by atoms with van der Waals surface area (Å²) in [6.07, 6.45) is 0.724. The minimum Gasteiger partial charge on any atom is -0.497 e. The highest BCUT2D eigenvalue weighted by Crippen LogP contribution is 2.36. The van der Waals surface area contributed by atoms with Crippen molar-refractivity contribution in [1.82, 2.24) is 4.98 Å². The van der Waals surface area contributed by atoms with Gasteiger partial charge in [-0.25, -0.2) is 4.98 Å². The predicted octanol–water partition coefficient (Wildman–Crippen LogP) is 4.32. The van der Waals surface area contributed by atoms with Gasteiger partial charge >= 0.3 is 5.97 Å². The van der Waals surface area contributed by atoms with E-state index in [0.717, 1.165) is 39.2 Å². The van der Waals surface area contributed by atoms with Gasteiger partial charge in [0.05, 0.1) is 24.3 Å². The van der Waals surface area contributed by atoms with Crippen LogP contribution in [0.5, 0.6) is 5.75 Å². The molecule has 2 aromatic carbocycles. The highest BCUT2D eigenvalue weighted by molar-refractivity contribution is 8.00. The molecule has 5 heteroatoms. The molecule has 2 heterocycles. The van der Waals surface area contributed by atoms with Gasteiger partial charge in [0.25, 0.3) is 0 Å². The number of ether oxygens (including phenoxy) is 2. The molecule has 0 unspecified atom stereocenters. The zero-order chi connectivity index (χ0) is 17.2. The third kappa shape index (κ3) is 3.20. The van der Waals surface area contributed by atoms with Crippen LogP contribution in [0.15, 0.2) is 59.6 Å². The normalized spacial score (nSPS) is 16.8. The van der Waals surface area contributed by atoms with Gasteiger partial charge in [0.1, 0.15) is 11.0 Å². The lowest BCUT2D eigenvalue weighted by Crippen LogP contribution is -2.09. The van der Waals surface area contributed by atoms with Crippen molar-refractivity contribution >= 4 is 28.6 Å². The van der Waals surface area contributed by atoms with Crippen LogP contribution in [0, 0.1) is 0 Å². The van der Waals surface area contributed by atoms with Crippen LogP contribution in [0.1, 0.15) is 6.42 Å². The zero-order valence-corrected chi connectivity index (χ0v) is 14.6. The summed E-state index contributed by atoms with van der Waals surface area (Å²) in [7, 11) is 1.65. The molecule has 1 fully saturated rings. The number of nitrogens with zero attached hydrogens (tertiary/aromatic N) is 1. The van der Waals surface area contributed by atoms with E-state index in [0.29, 0.717) is 6.61 Å². The Balaban J connectivity index is 1.84. The van der Waals surface area contributed by atoms with Crippen LogP contribution in [0.25, 0.3) is 22.0 Å². The van der Waals surface area contributed by atoms with Crippen LogP contribution in [0.2, 0.25) is 0 Å². The van der Waals surface area contributed by atoms with E-state index in [2.05, 4.69) is 18.2 Å². The number of esters is 1. The fourth-order valence-corrected chi connectivity index (χ4v) is 3.96. The topological polar surface area (TPSA) is 48.4 Å². The lowest BCUT2D eigenvalue weighted by Gasteiger charge is -2.12. The van der Waals surface area contributed by atoms with E-state index in [1.807, 2.05) is 36.4 Å². The third-order valence-corrected chi connectivity index (χ3v) is 5.39. The van der Waals surface area contributed by atoms with Crippen molar-refractivity contribution in [3.05, 3.63) is 54.6 Å². The summed E-state index contributed by atoms with van der Waals surface area (Å²) >= 11 is 1.47. The van der Waals surface area contributed by atoms with Crippen molar-refractivity contribution in [1.29, 1.82) is 0 Å². The average molecular weight is 351 g/mol. The first kappa shape index (κ1) is 16.0. The lowest BCUT2D eigenvalue weighted by molar-refractivity contribution is -0.137. The second-order valence-electron chi connectivity index (χ2n) is 5.82. The summed E-state index contributed by atoms with van der Waals surface area (Å²) in [5, 5.41) is 1.70. The van der Waals surface area contributed by atoms with Gasteiger partial charge < -0.3 is 9.47 Å². The summed E-state index contributed by atoms with van der Waals surface area (Å²) in [6, 6.07) is 18.2. The Bertz CT molecular complexity index is 927. The first-order valence-electron chi connectivity index (χ1n) is 8.12. The number of cyclic esters (lactones) is 1. The molecule has 1 atom stereocenters. The quantitative estimate of drug-likeness (QED) is 0.655. The summed E-state index contributed by atoms with van der Waals surface area (Å²) in [6.45, 7) is 0.490. The van der Waals surface area contributed by atoms with Gasteiger partial charge in [-0.15, -0.1) is 0 Å². The number of aromatic nitrogens is 1. The van der Waals surface area contributed by atoms with Gasteiger partial charge in [0.2, 0.25) is 0 Å². The lowest BCUT2D eigenvalue weighted by atomic mass is 10.0. The first-order chi connectivity index (χ1) is 12.2. The SMILES string of the molecule is COc1ccc2c(-c3ccccc3)cc(S[C@H]3CCOC3=O)nc2c1. The molecule has 1 aliphatic heterocycles. The molecule has 0 amide bonds. The maximum absolute atomic E-state index is 11.8. The molecule has 0 aliphatic carbocycles. The average Bonchev–Trinajstić information content (AvgIpc) is 3.06. The Morgan fingerprint density at radius 1 is 1.16 bits per heavy atom. The van der Waals surface area contributed by atoms with Gasteiger partial charge in [-0.1, -0.05) is 42.1 Å². The van der Waals surface area contributed by atoms with E-state index < -0.39 is 0 Å². The highest BCUT2D eigenvalue weighted by Gasteiger charge is 2.28. The van der Waals surface area contributed by atoms with Crippen molar-refractivity contribution in [2.75, 3.05) is 13.7 Å². The second kappa shape index (κ2) is 6.76. The van der Waals surface area contributed by atoms with E-state index >= 15 is 0 Å². The summed E-state index contributed by atoms with van der Waals surface area (Å²) in [5.74, 6) is 0.611. The van der Waals surface area contributed by atoms with Crippen LogP contribution in [-0.2, 0) is 9.53 Å². The Kier molecular flexibility index (Phi) is 4.32. The molecule has 126 valence electrons. The number of hydrogen-bond acceptors (Lipinski definition) is 5. The van der Waals surface area contributed by atoms with Gasteiger partial charge in [0, 0.05) is 17.9 Å². The number of methoxy groups -OCH3 is 1. The molecule has 0 saturated carbocycles. The van der Waals surface area contributed by atoms with Gasteiger partial charge in [0.15, 0.2) is 0 Å². The van der Waals surface area contributed by atoms with Crippen LogP contribution >= 0.6 is 11.8 Å². The molecule has 1 aromatic heterocycles. The summed E-state index contributed by atoms with van der Waals surface area (Å²) < 4.78 is 10.4. The fourth-order valence-electron chi connectivity index (χ4n) is 2.96. The minimum absolute atomic E-state index is 0.154. The van der Waals surface area contributed by atoms with E-state index in [4.69, 9.17) is 14.5 Å². The number of carbonyl (C=O) groups excluding carboxylic acids is 1. The Morgan fingerprint density at radius 2 is 2.00 bits per heavy atom. The monoisotopic (exact) mass is 351 g/mol. The number of pyridine rings is 1. The van der Waals surface area contributed by atoms with Crippen LogP contribution in [-0.4, -0.2) is 29.9 Å². The van der Waals surface area contributed by atoms with Crippen molar-refractivity contribution in [2.45, 2.75) is 16.7 Å². The molecular weight excluding hydrogens is 334 g/mol. The van der Waals surface area contributed by atoms with Crippen molar-refractivity contribution < 1.29 is 14.3 Å². The number of hydrogen-bond donors (Lipinski definition) is 0. The molecule has 0 bridgehead atoms. The molecule has 1 saturated heterocycles. The molecule has 3 aromatic rings.